The normalized spacial score (nSPS) is 11.4. The van der Waals surface area contributed by atoms with Crippen LogP contribution in [-0.4, -0.2) is 23.6 Å². The average Bonchev–Trinajstić information content (AvgIpc) is 2.98. The molecule has 0 aliphatic carbocycles. The number of terminal acetylenes is 1. The maximum Gasteiger partial charge on any atom is 0.337 e. The van der Waals surface area contributed by atoms with E-state index in [4.69, 9.17) is 6.42 Å². The summed E-state index contributed by atoms with van der Waals surface area (Å²) in [5.74, 6) is 1.79. The molecule has 1 aromatic heterocycles. The van der Waals surface area contributed by atoms with Crippen molar-refractivity contribution in [1.82, 2.24) is 4.57 Å². The lowest BCUT2D eigenvalue weighted by Gasteiger charge is -2.04. The van der Waals surface area contributed by atoms with Gasteiger partial charge in [0.15, 0.2) is 4.80 Å². The second-order valence-corrected chi connectivity index (χ2v) is 7.10. The SMILES string of the molecule is C#CCn1c(=NC(=O)c2ccc(C(=O)OC)cc2)sc2cc(C)cc(C)c21. The minimum absolute atomic E-state index is 0.331. The fraction of sp³-hybridized carbons (Fsp3) is 0.190. The molecule has 5 nitrogen and oxygen atoms in total. The van der Waals surface area contributed by atoms with E-state index in [1.807, 2.05) is 18.4 Å². The van der Waals surface area contributed by atoms with E-state index >= 15 is 0 Å². The second-order valence-electron chi connectivity index (χ2n) is 6.09. The molecule has 0 bridgehead atoms. The van der Waals surface area contributed by atoms with E-state index in [0.29, 0.717) is 22.5 Å². The van der Waals surface area contributed by atoms with Gasteiger partial charge in [0.2, 0.25) is 0 Å². The lowest BCUT2D eigenvalue weighted by molar-refractivity contribution is 0.0600. The highest BCUT2D eigenvalue weighted by atomic mass is 32.1. The maximum absolute atomic E-state index is 12.6. The van der Waals surface area contributed by atoms with Gasteiger partial charge in [-0.2, -0.15) is 4.99 Å². The fourth-order valence-electron chi connectivity index (χ4n) is 2.93. The molecule has 6 heteroatoms. The summed E-state index contributed by atoms with van der Waals surface area (Å²) < 4.78 is 7.58. The Morgan fingerprint density at radius 1 is 1.19 bits per heavy atom. The number of fused-ring (bicyclic) bond motifs is 1. The lowest BCUT2D eigenvalue weighted by atomic mass is 10.1. The topological polar surface area (TPSA) is 60.7 Å². The molecule has 0 aliphatic heterocycles. The molecular formula is C21H18N2O3S. The third kappa shape index (κ3) is 3.69. The Hall–Kier alpha value is -3.17. The molecule has 1 heterocycles. The Kier molecular flexibility index (Phi) is 5.24. The maximum atomic E-state index is 12.6. The molecule has 0 saturated heterocycles. The number of amides is 1. The quantitative estimate of drug-likeness (QED) is 0.518. The number of carbonyl (C=O) groups is 2. The first kappa shape index (κ1) is 18.6. The molecule has 0 radical (unpaired) electrons. The van der Waals surface area contributed by atoms with Crippen molar-refractivity contribution in [1.29, 1.82) is 0 Å². The smallest absolute Gasteiger partial charge is 0.337 e. The van der Waals surface area contributed by atoms with Crippen LogP contribution in [0.5, 0.6) is 0 Å². The number of carbonyl (C=O) groups excluding carboxylic acids is 2. The first-order valence-electron chi connectivity index (χ1n) is 8.26. The van der Waals surface area contributed by atoms with E-state index in [9.17, 15) is 9.59 Å². The highest BCUT2D eigenvalue weighted by molar-refractivity contribution is 7.16. The number of thiazole rings is 1. The van der Waals surface area contributed by atoms with Crippen molar-refractivity contribution in [3.05, 3.63) is 63.5 Å². The third-order valence-corrected chi connectivity index (χ3v) is 5.14. The van der Waals surface area contributed by atoms with Crippen LogP contribution in [-0.2, 0) is 11.3 Å². The highest BCUT2D eigenvalue weighted by Gasteiger charge is 2.12. The van der Waals surface area contributed by atoms with Crippen molar-refractivity contribution < 1.29 is 14.3 Å². The Balaban J connectivity index is 2.08. The van der Waals surface area contributed by atoms with Crippen LogP contribution < -0.4 is 4.80 Å². The van der Waals surface area contributed by atoms with Gasteiger partial charge in [0.1, 0.15) is 0 Å². The van der Waals surface area contributed by atoms with Gasteiger partial charge in [-0.05, 0) is 55.3 Å². The Bertz CT molecular complexity index is 1150. The Morgan fingerprint density at radius 2 is 1.85 bits per heavy atom. The zero-order valence-electron chi connectivity index (χ0n) is 15.3. The van der Waals surface area contributed by atoms with E-state index < -0.39 is 11.9 Å². The van der Waals surface area contributed by atoms with Crippen molar-refractivity contribution in [2.45, 2.75) is 20.4 Å². The molecule has 0 spiro atoms. The van der Waals surface area contributed by atoms with Crippen molar-refractivity contribution in [3.63, 3.8) is 0 Å². The molecule has 1 amide bonds. The minimum atomic E-state index is -0.451. The summed E-state index contributed by atoms with van der Waals surface area (Å²) in [7, 11) is 1.31. The third-order valence-electron chi connectivity index (χ3n) is 4.11. The number of aromatic nitrogens is 1. The number of nitrogens with zero attached hydrogens (tertiary/aromatic N) is 2. The first-order valence-corrected chi connectivity index (χ1v) is 9.07. The number of esters is 1. The molecule has 0 atom stereocenters. The van der Waals surface area contributed by atoms with Crippen LogP contribution in [0.1, 0.15) is 31.8 Å². The van der Waals surface area contributed by atoms with Crippen LogP contribution in [0.15, 0.2) is 41.4 Å². The van der Waals surface area contributed by atoms with Crippen molar-refractivity contribution >= 4 is 33.4 Å². The van der Waals surface area contributed by atoms with Gasteiger partial charge in [-0.1, -0.05) is 23.3 Å². The van der Waals surface area contributed by atoms with Crippen LogP contribution in [0.2, 0.25) is 0 Å². The molecule has 136 valence electrons. The zero-order chi connectivity index (χ0) is 19.6. The number of rotatable bonds is 3. The van der Waals surface area contributed by atoms with Crippen molar-refractivity contribution in [2.24, 2.45) is 4.99 Å². The number of aryl methyl sites for hydroxylation is 2. The summed E-state index contributed by atoms with van der Waals surface area (Å²) in [6.07, 6.45) is 5.52. The molecule has 0 N–H and O–H groups in total. The predicted molar refractivity (Wildman–Crippen MR) is 106 cm³/mol. The molecule has 27 heavy (non-hydrogen) atoms. The van der Waals surface area contributed by atoms with Gasteiger partial charge in [-0.15, -0.1) is 6.42 Å². The van der Waals surface area contributed by atoms with Crippen LogP contribution >= 0.6 is 11.3 Å². The summed E-state index contributed by atoms with van der Waals surface area (Å²) in [6.45, 7) is 4.38. The second kappa shape index (κ2) is 7.60. The molecule has 3 rings (SSSR count). The average molecular weight is 378 g/mol. The first-order chi connectivity index (χ1) is 12.9. The van der Waals surface area contributed by atoms with E-state index in [1.54, 1.807) is 24.3 Å². The summed E-state index contributed by atoms with van der Waals surface area (Å²) >= 11 is 1.43. The monoisotopic (exact) mass is 378 g/mol. The lowest BCUT2D eigenvalue weighted by Crippen LogP contribution is -2.17. The van der Waals surface area contributed by atoms with Crippen LogP contribution in [0.4, 0.5) is 0 Å². The molecule has 0 saturated carbocycles. The number of methoxy groups -OCH3 is 1. The Morgan fingerprint density at radius 3 is 2.48 bits per heavy atom. The summed E-state index contributed by atoms with van der Waals surface area (Å²) in [5, 5.41) is 0. The van der Waals surface area contributed by atoms with Gasteiger partial charge >= 0.3 is 5.97 Å². The molecule has 3 aromatic rings. The van der Waals surface area contributed by atoms with Crippen LogP contribution in [0.3, 0.4) is 0 Å². The highest BCUT2D eigenvalue weighted by Crippen LogP contribution is 2.23. The van der Waals surface area contributed by atoms with Gasteiger partial charge < -0.3 is 9.30 Å². The molecule has 0 unspecified atom stereocenters. The molecule has 0 fully saturated rings. The van der Waals surface area contributed by atoms with Gasteiger partial charge in [-0.25, -0.2) is 4.79 Å². The number of ether oxygens (including phenoxy) is 1. The largest absolute Gasteiger partial charge is 0.465 e. The molecular weight excluding hydrogens is 360 g/mol. The fourth-order valence-corrected chi connectivity index (χ4v) is 4.14. The van der Waals surface area contributed by atoms with E-state index in [0.717, 1.165) is 21.3 Å². The van der Waals surface area contributed by atoms with Crippen LogP contribution in [0, 0.1) is 26.2 Å². The van der Waals surface area contributed by atoms with Gasteiger partial charge in [-0.3, -0.25) is 4.79 Å². The van der Waals surface area contributed by atoms with Gasteiger partial charge in [0.25, 0.3) is 5.91 Å². The van der Waals surface area contributed by atoms with Gasteiger partial charge in [0.05, 0.1) is 29.4 Å². The zero-order valence-corrected chi connectivity index (χ0v) is 16.1. The van der Waals surface area contributed by atoms with E-state index in [-0.39, 0.29) is 0 Å². The molecule has 0 aliphatic rings. The standard InChI is InChI=1S/C21H18N2O3S/c1-5-10-23-18-14(3)11-13(2)12-17(18)27-21(23)22-19(24)15-6-8-16(9-7-15)20(25)26-4/h1,6-9,11-12H,10H2,2-4H3. The van der Waals surface area contributed by atoms with Crippen molar-refractivity contribution in [3.8, 4) is 12.3 Å². The number of hydrogen-bond acceptors (Lipinski definition) is 4. The predicted octanol–water partition coefficient (Wildman–Crippen LogP) is 3.48. The number of benzene rings is 2. The van der Waals surface area contributed by atoms with Crippen LogP contribution in [0.25, 0.3) is 10.2 Å². The summed E-state index contributed by atoms with van der Waals surface area (Å²) in [4.78, 5) is 29.0. The van der Waals surface area contributed by atoms with Gasteiger partial charge in [0, 0.05) is 5.56 Å². The summed E-state index contributed by atoms with van der Waals surface area (Å²) in [5.41, 5.74) is 4.00. The minimum Gasteiger partial charge on any atom is -0.465 e. The van der Waals surface area contributed by atoms with Crippen molar-refractivity contribution in [2.75, 3.05) is 7.11 Å². The Labute approximate surface area is 160 Å². The van der Waals surface area contributed by atoms with E-state index in [2.05, 4.69) is 27.8 Å². The number of hydrogen-bond donors (Lipinski definition) is 0. The summed E-state index contributed by atoms with van der Waals surface area (Å²) in [6, 6.07) is 10.4. The van der Waals surface area contributed by atoms with E-state index in [1.165, 1.54) is 18.4 Å². The molecule has 2 aromatic carbocycles.